The maximum Gasteiger partial charge on any atom is 0.0411 e. The van der Waals surface area contributed by atoms with E-state index in [9.17, 15) is 0 Å². The van der Waals surface area contributed by atoms with E-state index in [0.29, 0.717) is 0 Å². The van der Waals surface area contributed by atoms with Crippen LogP contribution in [0, 0.1) is 5.92 Å². The predicted molar refractivity (Wildman–Crippen MR) is 59.1 cm³/mol. The van der Waals surface area contributed by atoms with Crippen LogP contribution in [0.15, 0.2) is 18.2 Å². The van der Waals surface area contributed by atoms with Crippen LogP contribution in [0.2, 0.25) is 5.02 Å². The Morgan fingerprint density at radius 2 is 1.92 bits per heavy atom. The molecule has 0 spiro atoms. The number of aryl methyl sites for hydroxylation is 1. The molecule has 1 radical (unpaired) electrons. The number of hydrogen-bond donors (Lipinski definition) is 0. The van der Waals surface area contributed by atoms with Gasteiger partial charge in [0.2, 0.25) is 0 Å². The summed E-state index contributed by atoms with van der Waals surface area (Å²) in [5, 5.41) is 0.849. The maximum atomic E-state index is 6.02. The third kappa shape index (κ3) is 3.04. The molecular formula is C12H16Cl. The van der Waals surface area contributed by atoms with Crippen molar-refractivity contribution in [1.29, 1.82) is 0 Å². The minimum Gasteiger partial charge on any atom is -0.0843 e. The summed E-state index contributed by atoms with van der Waals surface area (Å²) in [5.74, 6) is 1.32. The Labute approximate surface area is 85.9 Å². The van der Waals surface area contributed by atoms with Gasteiger partial charge in [-0.25, -0.2) is 0 Å². The molecule has 0 aliphatic heterocycles. The van der Waals surface area contributed by atoms with Crippen LogP contribution in [0.1, 0.15) is 38.3 Å². The molecule has 1 aromatic carbocycles. The molecule has 0 nitrogen and oxygen atoms in total. The van der Waals surface area contributed by atoms with Crippen molar-refractivity contribution >= 4 is 11.6 Å². The number of hydrogen-bond acceptors (Lipinski definition) is 0. The predicted octanol–water partition coefficient (Wildman–Crippen LogP) is 4.25. The zero-order valence-electron chi connectivity index (χ0n) is 8.52. The molecule has 0 saturated carbocycles. The highest BCUT2D eigenvalue weighted by Crippen LogP contribution is 2.21. The van der Waals surface area contributed by atoms with Gasteiger partial charge in [0.1, 0.15) is 0 Å². The van der Waals surface area contributed by atoms with Crippen molar-refractivity contribution in [3.63, 3.8) is 0 Å². The van der Waals surface area contributed by atoms with E-state index in [0.717, 1.165) is 11.4 Å². The van der Waals surface area contributed by atoms with Crippen molar-refractivity contribution in [2.24, 2.45) is 0 Å². The zero-order valence-corrected chi connectivity index (χ0v) is 9.28. The van der Waals surface area contributed by atoms with E-state index in [4.69, 9.17) is 11.6 Å². The molecule has 0 aliphatic carbocycles. The van der Waals surface area contributed by atoms with E-state index in [2.05, 4.69) is 32.9 Å². The molecule has 0 bridgehead atoms. The Morgan fingerprint density at radius 3 is 2.46 bits per heavy atom. The molecule has 0 N–H and O–H groups in total. The second-order valence-corrected chi connectivity index (χ2v) is 4.03. The van der Waals surface area contributed by atoms with Crippen LogP contribution >= 0.6 is 11.6 Å². The first-order chi connectivity index (χ1) is 6.13. The van der Waals surface area contributed by atoms with Crippen molar-refractivity contribution in [2.45, 2.75) is 33.6 Å². The summed E-state index contributed by atoms with van der Waals surface area (Å²) in [6, 6.07) is 6.30. The average Bonchev–Trinajstić information content (AvgIpc) is 2.03. The van der Waals surface area contributed by atoms with Crippen molar-refractivity contribution in [1.82, 2.24) is 0 Å². The molecule has 1 aromatic rings. The van der Waals surface area contributed by atoms with Crippen molar-refractivity contribution in [2.75, 3.05) is 0 Å². The van der Waals surface area contributed by atoms with Gasteiger partial charge in [0.15, 0.2) is 0 Å². The first-order valence-corrected chi connectivity index (χ1v) is 5.11. The van der Waals surface area contributed by atoms with E-state index < -0.39 is 0 Å². The third-order valence-electron chi connectivity index (χ3n) is 2.07. The first-order valence-electron chi connectivity index (χ1n) is 4.73. The van der Waals surface area contributed by atoms with Crippen LogP contribution in [0.4, 0.5) is 0 Å². The summed E-state index contributed by atoms with van der Waals surface area (Å²) in [6.45, 7) is 6.41. The smallest absolute Gasteiger partial charge is 0.0411 e. The summed E-state index contributed by atoms with van der Waals surface area (Å²) in [6.07, 6.45) is 2.28. The monoisotopic (exact) mass is 195 g/mol. The topological polar surface area (TPSA) is 0 Å². The van der Waals surface area contributed by atoms with Crippen LogP contribution in [0.25, 0.3) is 0 Å². The Kier molecular flexibility index (Phi) is 3.80. The molecular weight excluding hydrogens is 180 g/mol. The van der Waals surface area contributed by atoms with Crippen LogP contribution in [-0.4, -0.2) is 0 Å². The van der Waals surface area contributed by atoms with Crippen molar-refractivity contribution in [3.05, 3.63) is 40.3 Å². The molecule has 0 aromatic heterocycles. The van der Waals surface area contributed by atoms with Gasteiger partial charge in [0.05, 0.1) is 0 Å². The van der Waals surface area contributed by atoms with Gasteiger partial charge in [-0.3, -0.25) is 0 Å². The zero-order chi connectivity index (χ0) is 9.84. The van der Waals surface area contributed by atoms with E-state index in [1.165, 1.54) is 23.5 Å². The molecule has 1 rings (SSSR count). The lowest BCUT2D eigenvalue weighted by molar-refractivity contribution is 0.918. The Balaban J connectivity index is 2.96. The molecule has 71 valence electrons. The fourth-order valence-corrected chi connectivity index (χ4v) is 1.63. The van der Waals surface area contributed by atoms with Gasteiger partial charge in [-0.15, -0.1) is 0 Å². The van der Waals surface area contributed by atoms with Gasteiger partial charge in [-0.1, -0.05) is 44.9 Å². The normalized spacial score (nSPS) is 10.8. The van der Waals surface area contributed by atoms with Crippen LogP contribution in [0.3, 0.4) is 0 Å². The van der Waals surface area contributed by atoms with E-state index >= 15 is 0 Å². The van der Waals surface area contributed by atoms with Gasteiger partial charge in [-0.2, -0.15) is 0 Å². The van der Waals surface area contributed by atoms with E-state index in [-0.39, 0.29) is 0 Å². The average molecular weight is 196 g/mol. The molecule has 1 heteroatoms. The minimum atomic E-state index is 0.849. The molecule has 13 heavy (non-hydrogen) atoms. The first kappa shape index (κ1) is 10.6. The Morgan fingerprint density at radius 1 is 1.23 bits per heavy atom. The van der Waals surface area contributed by atoms with Crippen molar-refractivity contribution < 1.29 is 0 Å². The Bertz CT molecular complexity index is 276. The summed E-state index contributed by atoms with van der Waals surface area (Å²) >= 11 is 6.02. The van der Waals surface area contributed by atoms with E-state index in [1.54, 1.807) is 0 Å². The fourth-order valence-electron chi connectivity index (χ4n) is 1.37. The lowest BCUT2D eigenvalue weighted by Crippen LogP contribution is -1.91. The van der Waals surface area contributed by atoms with Crippen LogP contribution in [0.5, 0.6) is 0 Å². The molecule has 0 amide bonds. The highest BCUT2D eigenvalue weighted by atomic mass is 35.5. The molecule has 0 fully saturated rings. The fraction of sp³-hybridized carbons (Fsp3) is 0.417. The lowest BCUT2D eigenvalue weighted by atomic mass is 9.99. The van der Waals surface area contributed by atoms with Crippen LogP contribution < -0.4 is 0 Å². The number of rotatable bonds is 3. The summed E-state index contributed by atoms with van der Waals surface area (Å²) in [7, 11) is 0. The standard InChI is InChI=1S/C12H16Cl/c1-4-5-10-6-11(9(2)3)8-12(13)7-10/h6-8H,4-5H2,1-3H3. The largest absolute Gasteiger partial charge is 0.0843 e. The molecule has 0 unspecified atom stereocenters. The second kappa shape index (κ2) is 4.66. The van der Waals surface area contributed by atoms with Gasteiger partial charge in [0.25, 0.3) is 0 Å². The molecule has 0 saturated heterocycles. The Hall–Kier alpha value is -0.490. The quantitative estimate of drug-likeness (QED) is 0.677. The summed E-state index contributed by atoms with van der Waals surface area (Å²) in [4.78, 5) is 0. The van der Waals surface area contributed by atoms with Gasteiger partial charge >= 0.3 is 0 Å². The minimum absolute atomic E-state index is 0.849. The van der Waals surface area contributed by atoms with Gasteiger partial charge in [-0.05, 0) is 35.6 Å². The molecule has 0 aliphatic rings. The molecule has 0 heterocycles. The summed E-state index contributed by atoms with van der Waals surface area (Å²) in [5.41, 5.74) is 2.60. The SMILES string of the molecule is CCCc1cc(Cl)cc([C](C)C)c1. The van der Waals surface area contributed by atoms with Gasteiger partial charge < -0.3 is 0 Å². The highest BCUT2D eigenvalue weighted by Gasteiger charge is 2.02. The second-order valence-electron chi connectivity index (χ2n) is 3.60. The number of halogens is 1. The maximum absolute atomic E-state index is 6.02. The van der Waals surface area contributed by atoms with Gasteiger partial charge in [0, 0.05) is 5.02 Å². The molecule has 0 atom stereocenters. The number of benzene rings is 1. The van der Waals surface area contributed by atoms with E-state index in [1.807, 2.05) is 6.07 Å². The van der Waals surface area contributed by atoms with Crippen molar-refractivity contribution in [3.8, 4) is 0 Å². The highest BCUT2D eigenvalue weighted by molar-refractivity contribution is 6.30. The third-order valence-corrected chi connectivity index (χ3v) is 2.29. The lowest BCUT2D eigenvalue weighted by Gasteiger charge is -2.08. The van der Waals surface area contributed by atoms with Crippen LogP contribution in [-0.2, 0) is 6.42 Å². The summed E-state index contributed by atoms with van der Waals surface area (Å²) < 4.78 is 0.